The molecule has 0 saturated carbocycles. The average Bonchev–Trinajstić information content (AvgIpc) is 3.29. The number of ether oxygens (including phenoxy) is 1. The maximum Gasteiger partial charge on any atom is 0.251 e. The normalized spacial score (nSPS) is 14.9. The van der Waals surface area contributed by atoms with E-state index in [2.05, 4.69) is 20.4 Å². The minimum absolute atomic E-state index is 0.0534. The second-order valence-corrected chi connectivity index (χ2v) is 10.4. The molecule has 0 unspecified atom stereocenters. The molecule has 1 N–H and O–H groups in total. The SMILES string of the molecule is C[C@H](NC(=O)c1cc(Cl)cc(S(C)(=O)=O)c1)c1nc(N2CCOCC2)nn1-c1ccc(C#N)cn1. The first kappa shape index (κ1) is 24.6. The zero-order valence-corrected chi connectivity index (χ0v) is 20.5. The number of carbonyl (C=O) groups is 1. The highest BCUT2D eigenvalue weighted by molar-refractivity contribution is 7.90. The number of nitrogens with zero attached hydrogens (tertiary/aromatic N) is 6. The summed E-state index contributed by atoms with van der Waals surface area (Å²) in [6.07, 6.45) is 2.47. The quantitative estimate of drug-likeness (QED) is 0.520. The zero-order chi connectivity index (χ0) is 25.2. The number of nitriles is 1. The van der Waals surface area contributed by atoms with Gasteiger partial charge in [-0.3, -0.25) is 4.79 Å². The van der Waals surface area contributed by atoms with Crippen molar-refractivity contribution in [2.75, 3.05) is 37.5 Å². The molecule has 1 atom stereocenters. The maximum absolute atomic E-state index is 13.0. The molecule has 2 aromatic heterocycles. The third-order valence-electron chi connectivity index (χ3n) is 5.31. The summed E-state index contributed by atoms with van der Waals surface area (Å²) >= 11 is 6.06. The molecule has 11 nitrogen and oxygen atoms in total. The van der Waals surface area contributed by atoms with Crippen LogP contribution in [0.5, 0.6) is 0 Å². The van der Waals surface area contributed by atoms with Crippen molar-refractivity contribution in [3.8, 4) is 11.9 Å². The van der Waals surface area contributed by atoms with Gasteiger partial charge in [0.1, 0.15) is 6.07 Å². The van der Waals surface area contributed by atoms with Gasteiger partial charge in [0.25, 0.3) is 5.91 Å². The van der Waals surface area contributed by atoms with Gasteiger partial charge in [-0.15, -0.1) is 5.10 Å². The lowest BCUT2D eigenvalue weighted by atomic mass is 10.2. The van der Waals surface area contributed by atoms with Crippen molar-refractivity contribution in [1.29, 1.82) is 5.26 Å². The molecule has 1 amide bonds. The van der Waals surface area contributed by atoms with E-state index >= 15 is 0 Å². The third kappa shape index (κ3) is 5.59. The molecule has 3 aromatic rings. The first-order valence-corrected chi connectivity index (χ1v) is 12.9. The van der Waals surface area contributed by atoms with Gasteiger partial charge in [0.2, 0.25) is 5.95 Å². The van der Waals surface area contributed by atoms with Crippen molar-refractivity contribution in [2.45, 2.75) is 17.9 Å². The van der Waals surface area contributed by atoms with Crippen LogP contribution in [0.15, 0.2) is 41.4 Å². The van der Waals surface area contributed by atoms with Gasteiger partial charge in [-0.2, -0.15) is 14.9 Å². The fourth-order valence-electron chi connectivity index (χ4n) is 3.49. The second kappa shape index (κ2) is 9.99. The summed E-state index contributed by atoms with van der Waals surface area (Å²) in [6, 6.07) is 8.60. The number of aromatic nitrogens is 4. The van der Waals surface area contributed by atoms with E-state index < -0.39 is 21.8 Å². The Morgan fingerprint density at radius 1 is 1.26 bits per heavy atom. The fourth-order valence-corrected chi connectivity index (χ4v) is 4.47. The summed E-state index contributed by atoms with van der Waals surface area (Å²) in [7, 11) is -3.56. The standard InChI is InChI=1S/C22H22ClN7O4S/c1-14(26-21(31)16-9-17(23)11-18(10-16)35(2,32)33)20-27-22(29-5-7-34-8-6-29)28-30(20)19-4-3-15(12-24)13-25-19/h3-4,9-11,13-14H,5-8H2,1-2H3,(H,26,31)/t14-/m0/s1. The van der Waals surface area contributed by atoms with Gasteiger partial charge in [-0.1, -0.05) is 11.6 Å². The number of anilines is 1. The number of rotatable bonds is 6. The van der Waals surface area contributed by atoms with Crippen LogP contribution in [0, 0.1) is 11.3 Å². The number of nitrogens with one attached hydrogen (secondary N) is 1. The molecule has 1 fully saturated rings. The molecule has 35 heavy (non-hydrogen) atoms. The Kier molecular flexibility index (Phi) is 7.02. The molecule has 3 heterocycles. The first-order valence-electron chi connectivity index (χ1n) is 10.6. The first-order chi connectivity index (χ1) is 16.7. The highest BCUT2D eigenvalue weighted by Gasteiger charge is 2.25. The Labute approximate surface area is 207 Å². The van der Waals surface area contributed by atoms with Crippen LogP contribution in [0.3, 0.4) is 0 Å². The van der Waals surface area contributed by atoms with Crippen LogP contribution in [-0.2, 0) is 14.6 Å². The molecule has 1 aromatic carbocycles. The number of hydrogen-bond acceptors (Lipinski definition) is 9. The van der Waals surface area contributed by atoms with Crippen LogP contribution in [-0.4, -0.2) is 66.6 Å². The van der Waals surface area contributed by atoms with Gasteiger partial charge in [0, 0.05) is 36.1 Å². The second-order valence-electron chi connectivity index (χ2n) is 7.94. The summed E-state index contributed by atoms with van der Waals surface area (Å²) in [5.41, 5.74) is 0.494. The lowest BCUT2D eigenvalue weighted by molar-refractivity contribution is 0.0937. The molecule has 1 saturated heterocycles. The molecule has 4 rings (SSSR count). The highest BCUT2D eigenvalue weighted by Crippen LogP contribution is 2.22. The van der Waals surface area contributed by atoms with E-state index in [1.807, 2.05) is 11.0 Å². The Bertz CT molecular complexity index is 1390. The van der Waals surface area contributed by atoms with E-state index in [-0.39, 0.29) is 15.5 Å². The van der Waals surface area contributed by atoms with Gasteiger partial charge in [-0.05, 0) is 37.3 Å². The van der Waals surface area contributed by atoms with Crippen LogP contribution in [0.4, 0.5) is 5.95 Å². The van der Waals surface area contributed by atoms with Crippen molar-refractivity contribution in [3.05, 3.63) is 58.5 Å². The topological polar surface area (TPSA) is 143 Å². The van der Waals surface area contributed by atoms with E-state index in [9.17, 15) is 13.2 Å². The predicted octanol–water partition coefficient (Wildman–Crippen LogP) is 1.92. The van der Waals surface area contributed by atoms with Crippen LogP contribution < -0.4 is 10.2 Å². The largest absolute Gasteiger partial charge is 0.378 e. The van der Waals surface area contributed by atoms with E-state index in [0.29, 0.717) is 49.5 Å². The summed E-state index contributed by atoms with van der Waals surface area (Å²) in [5.74, 6) is 0.759. The Hall–Kier alpha value is -3.53. The smallest absolute Gasteiger partial charge is 0.251 e. The lowest BCUT2D eigenvalue weighted by Gasteiger charge is -2.25. The van der Waals surface area contributed by atoms with Crippen LogP contribution in [0.2, 0.25) is 5.02 Å². The van der Waals surface area contributed by atoms with Crippen molar-refractivity contribution in [2.24, 2.45) is 0 Å². The molecule has 0 aliphatic carbocycles. The van der Waals surface area contributed by atoms with Gasteiger partial charge in [-0.25, -0.2) is 13.4 Å². The Balaban J connectivity index is 1.67. The molecular formula is C22H22ClN7O4S. The van der Waals surface area contributed by atoms with Crippen LogP contribution in [0.25, 0.3) is 5.82 Å². The summed E-state index contributed by atoms with van der Waals surface area (Å²) in [6.45, 7) is 4.04. The van der Waals surface area contributed by atoms with E-state index in [4.69, 9.17) is 21.6 Å². The number of benzene rings is 1. The molecule has 13 heteroatoms. The minimum atomic E-state index is -3.56. The summed E-state index contributed by atoms with van der Waals surface area (Å²) in [4.78, 5) is 23.9. The van der Waals surface area contributed by atoms with E-state index in [0.717, 1.165) is 6.26 Å². The molecule has 1 aliphatic heterocycles. The molecule has 0 bridgehead atoms. The van der Waals surface area contributed by atoms with Gasteiger partial charge < -0.3 is 15.0 Å². The average molecular weight is 516 g/mol. The summed E-state index contributed by atoms with van der Waals surface area (Å²) in [5, 5.41) is 16.6. The van der Waals surface area contributed by atoms with Crippen LogP contribution >= 0.6 is 11.6 Å². The minimum Gasteiger partial charge on any atom is -0.378 e. The lowest BCUT2D eigenvalue weighted by Crippen LogP contribution is -2.37. The maximum atomic E-state index is 13.0. The van der Waals surface area contributed by atoms with Gasteiger partial charge in [0.05, 0.1) is 29.7 Å². The number of sulfone groups is 1. The highest BCUT2D eigenvalue weighted by atomic mass is 35.5. The number of amides is 1. The van der Waals surface area contributed by atoms with Crippen LogP contribution in [0.1, 0.15) is 34.7 Å². The van der Waals surface area contributed by atoms with Gasteiger partial charge in [0.15, 0.2) is 21.5 Å². The van der Waals surface area contributed by atoms with Gasteiger partial charge >= 0.3 is 0 Å². The molecule has 0 radical (unpaired) electrons. The predicted molar refractivity (Wildman–Crippen MR) is 127 cm³/mol. The van der Waals surface area contributed by atoms with Crippen molar-refractivity contribution in [1.82, 2.24) is 25.1 Å². The number of pyridine rings is 1. The third-order valence-corrected chi connectivity index (χ3v) is 6.62. The number of morpholine rings is 1. The molecular weight excluding hydrogens is 494 g/mol. The monoisotopic (exact) mass is 515 g/mol. The Morgan fingerprint density at radius 3 is 2.63 bits per heavy atom. The van der Waals surface area contributed by atoms with Crippen molar-refractivity contribution in [3.63, 3.8) is 0 Å². The number of halogens is 1. The Morgan fingerprint density at radius 2 is 2.00 bits per heavy atom. The zero-order valence-electron chi connectivity index (χ0n) is 19.0. The molecule has 1 aliphatic rings. The fraction of sp³-hybridized carbons (Fsp3) is 0.318. The number of hydrogen-bond donors (Lipinski definition) is 1. The summed E-state index contributed by atoms with van der Waals surface area (Å²) < 4.78 is 30.8. The van der Waals surface area contributed by atoms with E-state index in [1.54, 1.807) is 19.1 Å². The molecule has 0 spiro atoms. The molecule has 182 valence electrons. The van der Waals surface area contributed by atoms with Crippen molar-refractivity contribution >= 4 is 33.3 Å². The van der Waals surface area contributed by atoms with Crippen molar-refractivity contribution < 1.29 is 17.9 Å². The number of carbonyl (C=O) groups excluding carboxylic acids is 1. The van der Waals surface area contributed by atoms with E-state index in [1.165, 1.54) is 29.1 Å².